The summed E-state index contributed by atoms with van der Waals surface area (Å²) < 4.78 is 10.8. The van der Waals surface area contributed by atoms with E-state index >= 15 is 0 Å². The van der Waals surface area contributed by atoms with E-state index in [4.69, 9.17) is 20.9 Å². The second-order valence-corrected chi connectivity index (χ2v) is 7.26. The van der Waals surface area contributed by atoms with Crippen molar-refractivity contribution in [2.75, 3.05) is 6.54 Å². The van der Waals surface area contributed by atoms with Gasteiger partial charge in [0.05, 0.1) is 0 Å². The van der Waals surface area contributed by atoms with Gasteiger partial charge in [0.2, 0.25) is 0 Å². The number of likely N-dealkylation sites (tertiary alicyclic amines) is 1. The fourth-order valence-corrected chi connectivity index (χ4v) is 2.69. The van der Waals surface area contributed by atoms with E-state index in [0.29, 0.717) is 23.3 Å². The Morgan fingerprint density at radius 1 is 1.42 bits per heavy atom. The molecule has 0 N–H and O–H groups in total. The van der Waals surface area contributed by atoms with Gasteiger partial charge in [0.25, 0.3) is 5.89 Å². The standard InChI is InChI=1S/C17H20ClN3O3/c1-10-11(6-5-7-12(10)18)15-19-14(20-24-15)13-8-9-21(13)16(22)23-17(2,3)4/h5-7,13H,8-9H2,1-4H3/t13-/m0/s1. The Hall–Kier alpha value is -2.08. The van der Waals surface area contributed by atoms with Crippen LogP contribution < -0.4 is 0 Å². The number of amides is 1. The van der Waals surface area contributed by atoms with Gasteiger partial charge in [-0.1, -0.05) is 22.8 Å². The van der Waals surface area contributed by atoms with Crippen molar-refractivity contribution in [3.63, 3.8) is 0 Å². The number of halogens is 1. The number of rotatable bonds is 2. The molecule has 1 aromatic heterocycles. The van der Waals surface area contributed by atoms with Crippen molar-refractivity contribution >= 4 is 17.7 Å². The zero-order chi connectivity index (χ0) is 17.5. The van der Waals surface area contributed by atoms with Crippen LogP contribution in [0, 0.1) is 6.92 Å². The quantitative estimate of drug-likeness (QED) is 0.804. The minimum absolute atomic E-state index is 0.211. The van der Waals surface area contributed by atoms with Gasteiger partial charge in [-0.05, 0) is 51.8 Å². The minimum Gasteiger partial charge on any atom is -0.444 e. The molecule has 1 fully saturated rings. The van der Waals surface area contributed by atoms with Crippen LogP contribution in [0.4, 0.5) is 4.79 Å². The lowest BCUT2D eigenvalue weighted by molar-refractivity contribution is -0.00772. The third kappa shape index (κ3) is 3.24. The molecule has 0 radical (unpaired) electrons. The largest absolute Gasteiger partial charge is 0.444 e. The van der Waals surface area contributed by atoms with E-state index in [1.165, 1.54) is 0 Å². The molecule has 7 heteroatoms. The average molecular weight is 350 g/mol. The lowest BCUT2D eigenvalue weighted by Gasteiger charge is -2.39. The highest BCUT2D eigenvalue weighted by molar-refractivity contribution is 6.31. The molecule has 24 heavy (non-hydrogen) atoms. The van der Waals surface area contributed by atoms with Gasteiger partial charge in [0.1, 0.15) is 11.6 Å². The molecule has 0 saturated carbocycles. The molecule has 1 atom stereocenters. The lowest BCUT2D eigenvalue weighted by Crippen LogP contribution is -2.47. The van der Waals surface area contributed by atoms with Crippen LogP contribution in [0.5, 0.6) is 0 Å². The first-order valence-corrected chi connectivity index (χ1v) is 8.23. The summed E-state index contributed by atoms with van der Waals surface area (Å²) in [7, 11) is 0. The van der Waals surface area contributed by atoms with Crippen LogP contribution in [0.1, 0.15) is 44.6 Å². The number of ether oxygens (including phenoxy) is 1. The summed E-state index contributed by atoms with van der Waals surface area (Å²) in [6.07, 6.45) is 0.427. The van der Waals surface area contributed by atoms with Crippen molar-refractivity contribution < 1.29 is 14.1 Å². The van der Waals surface area contributed by atoms with Crippen molar-refractivity contribution in [1.29, 1.82) is 0 Å². The number of carbonyl (C=O) groups excluding carboxylic acids is 1. The maximum Gasteiger partial charge on any atom is 0.410 e. The van der Waals surface area contributed by atoms with Gasteiger partial charge in [-0.2, -0.15) is 4.98 Å². The van der Waals surface area contributed by atoms with Crippen LogP contribution >= 0.6 is 11.6 Å². The van der Waals surface area contributed by atoms with Crippen LogP contribution in [0.2, 0.25) is 5.02 Å². The number of benzene rings is 1. The molecule has 1 amide bonds. The predicted molar refractivity (Wildman–Crippen MR) is 89.8 cm³/mol. The summed E-state index contributed by atoms with van der Waals surface area (Å²) in [5, 5.41) is 4.68. The summed E-state index contributed by atoms with van der Waals surface area (Å²) in [6.45, 7) is 8.05. The second-order valence-electron chi connectivity index (χ2n) is 6.85. The topological polar surface area (TPSA) is 68.5 Å². The van der Waals surface area contributed by atoms with Crippen LogP contribution in [0.25, 0.3) is 11.5 Å². The first-order chi connectivity index (χ1) is 11.3. The molecule has 1 aliphatic rings. The average Bonchev–Trinajstić information content (AvgIpc) is 2.87. The van der Waals surface area contributed by atoms with E-state index in [0.717, 1.165) is 17.5 Å². The summed E-state index contributed by atoms with van der Waals surface area (Å²) in [5.41, 5.74) is 1.15. The zero-order valence-electron chi connectivity index (χ0n) is 14.2. The van der Waals surface area contributed by atoms with Gasteiger partial charge in [0, 0.05) is 17.1 Å². The molecule has 2 aromatic rings. The summed E-state index contributed by atoms with van der Waals surface area (Å²) in [6, 6.07) is 5.32. The molecule has 6 nitrogen and oxygen atoms in total. The highest BCUT2D eigenvalue weighted by atomic mass is 35.5. The summed E-state index contributed by atoms with van der Waals surface area (Å²) >= 11 is 6.14. The third-order valence-electron chi connectivity index (χ3n) is 3.89. The van der Waals surface area contributed by atoms with Gasteiger partial charge in [0.15, 0.2) is 5.82 Å². The van der Waals surface area contributed by atoms with E-state index in [-0.39, 0.29) is 12.1 Å². The second kappa shape index (κ2) is 6.09. The van der Waals surface area contributed by atoms with Crippen LogP contribution in [-0.4, -0.2) is 33.3 Å². The van der Waals surface area contributed by atoms with Crippen molar-refractivity contribution in [1.82, 2.24) is 15.0 Å². The third-order valence-corrected chi connectivity index (χ3v) is 4.30. The monoisotopic (exact) mass is 349 g/mol. The molecule has 1 saturated heterocycles. The smallest absolute Gasteiger partial charge is 0.410 e. The van der Waals surface area contributed by atoms with E-state index in [9.17, 15) is 4.79 Å². The highest BCUT2D eigenvalue weighted by Crippen LogP contribution is 2.35. The first-order valence-electron chi connectivity index (χ1n) is 7.85. The molecule has 0 aliphatic carbocycles. The SMILES string of the molecule is Cc1c(Cl)cccc1-c1nc([C@@H]2CCN2C(=O)OC(C)(C)C)no1. The van der Waals surface area contributed by atoms with Gasteiger partial charge < -0.3 is 9.26 Å². The normalized spacial score (nSPS) is 17.5. The molecule has 1 aromatic carbocycles. The number of carbonyl (C=O) groups is 1. The summed E-state index contributed by atoms with van der Waals surface area (Å²) in [4.78, 5) is 18.3. The predicted octanol–water partition coefficient (Wildman–Crippen LogP) is 4.38. The molecule has 0 unspecified atom stereocenters. The Morgan fingerprint density at radius 3 is 2.79 bits per heavy atom. The zero-order valence-corrected chi connectivity index (χ0v) is 14.9. The molecule has 0 bridgehead atoms. The fourth-order valence-electron chi connectivity index (χ4n) is 2.51. The molecule has 2 heterocycles. The number of hydrogen-bond acceptors (Lipinski definition) is 5. The van der Waals surface area contributed by atoms with Gasteiger partial charge >= 0.3 is 6.09 Å². The Kier molecular flexibility index (Phi) is 4.25. The van der Waals surface area contributed by atoms with Crippen molar-refractivity contribution in [3.05, 3.63) is 34.6 Å². The molecule has 1 aliphatic heterocycles. The molecule has 0 spiro atoms. The Labute approximate surface area is 145 Å². The Morgan fingerprint density at radius 2 is 2.17 bits per heavy atom. The molecule has 3 rings (SSSR count). The van der Waals surface area contributed by atoms with Crippen molar-refractivity contribution in [2.45, 2.75) is 45.8 Å². The molecular weight excluding hydrogens is 330 g/mol. The minimum atomic E-state index is -0.530. The van der Waals surface area contributed by atoms with Crippen molar-refractivity contribution in [2.24, 2.45) is 0 Å². The Bertz CT molecular complexity index is 767. The van der Waals surface area contributed by atoms with E-state index in [2.05, 4.69) is 10.1 Å². The van der Waals surface area contributed by atoms with Crippen molar-refractivity contribution in [3.8, 4) is 11.5 Å². The summed E-state index contributed by atoms with van der Waals surface area (Å²) in [5.74, 6) is 0.891. The maximum absolute atomic E-state index is 12.2. The van der Waals surface area contributed by atoms with E-state index in [1.54, 1.807) is 4.90 Å². The number of hydrogen-bond donors (Lipinski definition) is 0. The highest BCUT2D eigenvalue weighted by Gasteiger charge is 2.39. The Balaban J connectivity index is 1.79. The number of aromatic nitrogens is 2. The van der Waals surface area contributed by atoms with Gasteiger partial charge in [-0.25, -0.2) is 4.79 Å². The number of nitrogens with zero attached hydrogens (tertiary/aromatic N) is 3. The fraction of sp³-hybridized carbons (Fsp3) is 0.471. The van der Waals surface area contributed by atoms with Crippen LogP contribution in [0.15, 0.2) is 22.7 Å². The van der Waals surface area contributed by atoms with E-state index < -0.39 is 5.60 Å². The molecular formula is C17H20ClN3O3. The van der Waals surface area contributed by atoms with Crippen LogP contribution in [0.3, 0.4) is 0 Å². The first kappa shape index (κ1) is 16.8. The maximum atomic E-state index is 12.2. The van der Waals surface area contributed by atoms with Gasteiger partial charge in [-0.3, -0.25) is 4.90 Å². The molecule has 128 valence electrons. The van der Waals surface area contributed by atoms with E-state index in [1.807, 2.05) is 45.9 Å². The lowest BCUT2D eigenvalue weighted by atomic mass is 10.0. The van der Waals surface area contributed by atoms with Crippen LogP contribution in [-0.2, 0) is 4.74 Å². The van der Waals surface area contributed by atoms with Gasteiger partial charge in [-0.15, -0.1) is 0 Å².